The van der Waals surface area contributed by atoms with Gasteiger partial charge in [-0.2, -0.15) is 0 Å². The molecule has 0 spiro atoms. The van der Waals surface area contributed by atoms with E-state index in [2.05, 4.69) is 56.4 Å². The lowest BCUT2D eigenvalue weighted by Gasteiger charge is -2.38. The number of ether oxygens (including phenoxy) is 2. The van der Waals surface area contributed by atoms with Crippen molar-refractivity contribution < 1.29 is 19.1 Å². The van der Waals surface area contributed by atoms with Gasteiger partial charge < -0.3 is 19.3 Å². The summed E-state index contributed by atoms with van der Waals surface area (Å²) in [6.07, 6.45) is 40.9. The second-order valence-corrected chi connectivity index (χ2v) is 19.5. The van der Waals surface area contributed by atoms with Gasteiger partial charge in [-0.1, -0.05) is 176 Å². The van der Waals surface area contributed by atoms with Crippen LogP contribution in [0.2, 0.25) is 0 Å². The summed E-state index contributed by atoms with van der Waals surface area (Å²) < 4.78 is 11.8. The van der Waals surface area contributed by atoms with Gasteiger partial charge in [0.25, 0.3) is 0 Å². The molecule has 7 heteroatoms. The molecule has 1 fully saturated rings. The Morgan fingerprint density at radius 2 is 0.836 bits per heavy atom. The average Bonchev–Trinajstić information content (AvgIpc) is 3.26. The van der Waals surface area contributed by atoms with E-state index in [4.69, 9.17) is 9.47 Å². The molecule has 0 amide bonds. The summed E-state index contributed by atoms with van der Waals surface area (Å²) in [6.45, 7) is 20.6. The van der Waals surface area contributed by atoms with Gasteiger partial charge in [-0.3, -0.25) is 14.5 Å². The Labute approximate surface area is 381 Å². The summed E-state index contributed by atoms with van der Waals surface area (Å²) >= 11 is 0. The molecule has 61 heavy (non-hydrogen) atoms. The first-order valence-electron chi connectivity index (χ1n) is 27.3. The van der Waals surface area contributed by atoms with Crippen LogP contribution in [-0.2, 0) is 19.1 Å². The second kappa shape index (κ2) is 42.8. The molecule has 2 unspecified atom stereocenters. The molecule has 1 rings (SSSR count). The molecule has 0 aromatic carbocycles. The van der Waals surface area contributed by atoms with Gasteiger partial charge in [0.05, 0.1) is 13.2 Å². The van der Waals surface area contributed by atoms with E-state index in [0.29, 0.717) is 43.9 Å². The molecule has 1 heterocycles. The number of unbranched alkanes of at least 4 members (excludes halogenated alkanes) is 20. The number of piperidine rings is 1. The molecule has 0 bridgehead atoms. The predicted octanol–water partition coefficient (Wildman–Crippen LogP) is 14.6. The molecule has 0 radical (unpaired) electrons. The first-order valence-corrected chi connectivity index (χ1v) is 27.3. The van der Waals surface area contributed by atoms with Crippen molar-refractivity contribution in [1.29, 1.82) is 0 Å². The molecule has 1 saturated heterocycles. The fourth-order valence-corrected chi connectivity index (χ4v) is 9.46. The molecule has 1 aliphatic rings. The minimum absolute atomic E-state index is 0.00824. The van der Waals surface area contributed by atoms with Gasteiger partial charge in [-0.25, -0.2) is 0 Å². The van der Waals surface area contributed by atoms with E-state index in [0.717, 1.165) is 71.2 Å². The highest BCUT2D eigenvalue weighted by atomic mass is 16.5. The fraction of sp³-hybridized carbons (Fsp3) is 0.963. The third kappa shape index (κ3) is 34.8. The Kier molecular flexibility index (Phi) is 40.5. The standard InChI is InChI=1S/C54H107N3O4/c1-7-12-16-20-22-28-36-50(34-26-18-14-9-3)48-60-53(58)38-30-24-32-42-56(46-47-57(11-5)52-40-44-55(6)45-41-52)43-33-25-31-39-54(59)61-49-51(35-27-19-15-10-4)37-29-23-21-17-13-8-2/h50-52H,7-49H2,1-6H3. The molecule has 2 atom stereocenters. The van der Waals surface area contributed by atoms with Crippen LogP contribution in [0.5, 0.6) is 0 Å². The number of hydrogen-bond acceptors (Lipinski definition) is 7. The van der Waals surface area contributed by atoms with Gasteiger partial charge >= 0.3 is 11.9 Å². The van der Waals surface area contributed by atoms with Crippen LogP contribution in [0.3, 0.4) is 0 Å². The minimum atomic E-state index is 0.00824. The number of rotatable bonds is 45. The first-order chi connectivity index (χ1) is 29.9. The number of esters is 2. The van der Waals surface area contributed by atoms with E-state index in [-0.39, 0.29) is 11.9 Å². The molecule has 1 aliphatic heterocycles. The lowest BCUT2D eigenvalue weighted by molar-refractivity contribution is -0.146. The van der Waals surface area contributed by atoms with Crippen LogP contribution in [0.1, 0.15) is 253 Å². The maximum absolute atomic E-state index is 12.8. The van der Waals surface area contributed by atoms with Crippen LogP contribution < -0.4 is 0 Å². The third-order valence-electron chi connectivity index (χ3n) is 13.8. The number of likely N-dealkylation sites (tertiary alicyclic amines) is 1. The van der Waals surface area contributed by atoms with E-state index in [1.807, 2.05) is 0 Å². The highest BCUT2D eigenvalue weighted by molar-refractivity contribution is 5.69. The van der Waals surface area contributed by atoms with Crippen molar-refractivity contribution in [3.63, 3.8) is 0 Å². The minimum Gasteiger partial charge on any atom is -0.465 e. The van der Waals surface area contributed by atoms with Crippen molar-refractivity contribution >= 4 is 11.9 Å². The topological polar surface area (TPSA) is 62.3 Å². The Morgan fingerprint density at radius 1 is 0.475 bits per heavy atom. The van der Waals surface area contributed by atoms with Crippen molar-refractivity contribution in [2.24, 2.45) is 11.8 Å². The lowest BCUT2D eigenvalue weighted by atomic mass is 9.95. The molecular weight excluding hydrogens is 755 g/mol. The van der Waals surface area contributed by atoms with Crippen LogP contribution in [0.4, 0.5) is 0 Å². The van der Waals surface area contributed by atoms with Crippen LogP contribution in [0, 0.1) is 11.8 Å². The van der Waals surface area contributed by atoms with Gasteiger partial charge in [0.1, 0.15) is 0 Å². The summed E-state index contributed by atoms with van der Waals surface area (Å²) in [5.41, 5.74) is 0. The highest BCUT2D eigenvalue weighted by Gasteiger charge is 2.22. The van der Waals surface area contributed by atoms with E-state index in [9.17, 15) is 9.59 Å². The van der Waals surface area contributed by atoms with Crippen molar-refractivity contribution in [2.75, 3.05) is 66.1 Å². The number of likely N-dealkylation sites (N-methyl/N-ethyl adjacent to an activating group) is 1. The molecular formula is C54H107N3O4. The van der Waals surface area contributed by atoms with Gasteiger partial charge in [0.2, 0.25) is 0 Å². The predicted molar refractivity (Wildman–Crippen MR) is 264 cm³/mol. The monoisotopic (exact) mass is 862 g/mol. The Balaban J connectivity index is 2.53. The number of nitrogens with zero attached hydrogens (tertiary/aromatic N) is 3. The zero-order chi connectivity index (χ0) is 44.4. The van der Waals surface area contributed by atoms with Crippen molar-refractivity contribution in [2.45, 2.75) is 259 Å². The lowest BCUT2D eigenvalue weighted by Crippen LogP contribution is -2.46. The summed E-state index contributed by atoms with van der Waals surface area (Å²) in [5.74, 6) is 1.07. The summed E-state index contributed by atoms with van der Waals surface area (Å²) in [5, 5.41) is 0. The van der Waals surface area contributed by atoms with Gasteiger partial charge in [-0.05, 0) is 116 Å². The average molecular weight is 862 g/mol. The maximum Gasteiger partial charge on any atom is 0.305 e. The second-order valence-electron chi connectivity index (χ2n) is 19.5. The molecule has 362 valence electrons. The fourth-order valence-electron chi connectivity index (χ4n) is 9.46. The molecule has 7 nitrogen and oxygen atoms in total. The van der Waals surface area contributed by atoms with Gasteiger partial charge in [0.15, 0.2) is 0 Å². The molecule has 0 aromatic heterocycles. The summed E-state index contributed by atoms with van der Waals surface area (Å²) in [4.78, 5) is 33.6. The summed E-state index contributed by atoms with van der Waals surface area (Å²) in [7, 11) is 2.25. The molecule has 0 saturated carbocycles. The smallest absolute Gasteiger partial charge is 0.305 e. The van der Waals surface area contributed by atoms with Crippen LogP contribution >= 0.6 is 0 Å². The van der Waals surface area contributed by atoms with Crippen molar-refractivity contribution in [3.05, 3.63) is 0 Å². The van der Waals surface area contributed by atoms with E-state index >= 15 is 0 Å². The SMILES string of the molecule is CCCCCCCCC(CCCCCC)COC(=O)CCCCCN(CCCCCC(=O)OCC(CCCCCC)CCCCCCCC)CCN(CC)C1CCN(C)CC1. The summed E-state index contributed by atoms with van der Waals surface area (Å²) in [6, 6.07) is 0.698. The number of hydrogen-bond donors (Lipinski definition) is 0. The van der Waals surface area contributed by atoms with Crippen molar-refractivity contribution in [1.82, 2.24) is 14.7 Å². The highest BCUT2D eigenvalue weighted by Crippen LogP contribution is 2.22. The van der Waals surface area contributed by atoms with Crippen LogP contribution in [0.25, 0.3) is 0 Å². The van der Waals surface area contributed by atoms with Crippen LogP contribution in [0.15, 0.2) is 0 Å². The van der Waals surface area contributed by atoms with E-state index in [1.165, 1.54) is 180 Å². The third-order valence-corrected chi connectivity index (χ3v) is 13.8. The largest absolute Gasteiger partial charge is 0.465 e. The molecule has 0 N–H and O–H groups in total. The van der Waals surface area contributed by atoms with E-state index in [1.54, 1.807) is 0 Å². The maximum atomic E-state index is 12.8. The Hall–Kier alpha value is -1.18. The quantitative estimate of drug-likeness (QED) is 0.0446. The zero-order valence-corrected chi connectivity index (χ0v) is 42.1. The number of carbonyl (C=O) groups excluding carboxylic acids is 2. The van der Waals surface area contributed by atoms with Gasteiger partial charge in [-0.15, -0.1) is 0 Å². The van der Waals surface area contributed by atoms with E-state index < -0.39 is 0 Å². The van der Waals surface area contributed by atoms with Gasteiger partial charge in [0, 0.05) is 32.0 Å². The zero-order valence-electron chi connectivity index (χ0n) is 42.1. The Bertz CT molecular complexity index is 899. The van der Waals surface area contributed by atoms with Crippen molar-refractivity contribution in [3.8, 4) is 0 Å². The molecule has 0 aliphatic carbocycles. The number of carbonyl (C=O) groups is 2. The normalized spacial score (nSPS) is 14.9. The van der Waals surface area contributed by atoms with Crippen LogP contribution in [-0.4, -0.2) is 98.8 Å². The molecule has 0 aromatic rings. The first kappa shape index (κ1) is 57.8. The Morgan fingerprint density at radius 3 is 1.23 bits per heavy atom.